The molecule has 1 aliphatic heterocycles. The van der Waals surface area contributed by atoms with E-state index in [-0.39, 0.29) is 11.1 Å². The predicted octanol–water partition coefficient (Wildman–Crippen LogP) is 1.46. The van der Waals surface area contributed by atoms with Crippen LogP contribution >= 0.6 is 23.1 Å². The lowest BCUT2D eigenvalue weighted by Gasteiger charge is -2.34. The van der Waals surface area contributed by atoms with Gasteiger partial charge in [-0.3, -0.25) is 19.4 Å². The molecule has 0 radical (unpaired) electrons. The Hall–Kier alpha value is -2.40. The summed E-state index contributed by atoms with van der Waals surface area (Å²) in [5.41, 5.74) is 0.0553. The van der Waals surface area contributed by atoms with E-state index in [9.17, 15) is 9.59 Å². The van der Waals surface area contributed by atoms with Gasteiger partial charge in [-0.05, 0) is 47.3 Å². The van der Waals surface area contributed by atoms with E-state index >= 15 is 0 Å². The molecule has 144 valence electrons. The van der Waals surface area contributed by atoms with Gasteiger partial charge in [0.25, 0.3) is 11.1 Å². The molecule has 0 aromatic carbocycles. The van der Waals surface area contributed by atoms with Crippen LogP contribution in [0.3, 0.4) is 0 Å². The van der Waals surface area contributed by atoms with E-state index in [1.807, 2.05) is 12.1 Å². The molecular formula is C18H18N6O2S2. The maximum Gasteiger partial charge on any atom is 0.271 e. The molecule has 0 aliphatic carbocycles. The van der Waals surface area contributed by atoms with E-state index in [4.69, 9.17) is 0 Å². The van der Waals surface area contributed by atoms with Crippen LogP contribution in [0.4, 0.5) is 0 Å². The lowest BCUT2D eigenvalue weighted by atomic mass is 10.3. The highest BCUT2D eigenvalue weighted by Crippen LogP contribution is 2.16. The highest BCUT2D eigenvalue weighted by atomic mass is 32.1. The fraction of sp³-hybridized carbons (Fsp3) is 0.333. The van der Waals surface area contributed by atoms with Gasteiger partial charge in [-0.15, -0.1) is 0 Å². The molecule has 1 aliphatic rings. The summed E-state index contributed by atoms with van der Waals surface area (Å²) in [6.45, 7) is 4.58. The number of pyridine rings is 2. The van der Waals surface area contributed by atoms with Crippen LogP contribution in [0, 0.1) is 0 Å². The molecule has 1 saturated heterocycles. The van der Waals surface area contributed by atoms with Crippen LogP contribution in [0.25, 0.3) is 20.4 Å². The second kappa shape index (κ2) is 7.21. The maximum atomic E-state index is 12.5. The third-order valence-corrected chi connectivity index (χ3v) is 6.97. The fourth-order valence-electron chi connectivity index (χ4n) is 3.43. The summed E-state index contributed by atoms with van der Waals surface area (Å²) in [4.78, 5) is 39.6. The van der Waals surface area contributed by atoms with E-state index in [0.29, 0.717) is 24.1 Å². The molecule has 5 rings (SSSR count). The van der Waals surface area contributed by atoms with Gasteiger partial charge in [0.2, 0.25) is 0 Å². The molecule has 0 saturated carbocycles. The van der Waals surface area contributed by atoms with Crippen LogP contribution in [0.5, 0.6) is 0 Å². The van der Waals surface area contributed by atoms with Gasteiger partial charge in [-0.1, -0.05) is 0 Å². The summed E-state index contributed by atoms with van der Waals surface area (Å²) in [6.07, 6.45) is 3.43. The minimum absolute atomic E-state index is 0.0276. The van der Waals surface area contributed by atoms with E-state index < -0.39 is 0 Å². The van der Waals surface area contributed by atoms with Crippen molar-refractivity contribution in [3.63, 3.8) is 0 Å². The Labute approximate surface area is 168 Å². The maximum absolute atomic E-state index is 12.5. The van der Waals surface area contributed by atoms with Crippen LogP contribution < -0.4 is 11.1 Å². The number of hydrogen-bond acceptors (Lipinski definition) is 8. The number of rotatable bonds is 4. The molecule has 4 aromatic heterocycles. The first-order chi connectivity index (χ1) is 13.7. The fourth-order valence-corrected chi connectivity index (χ4v) is 5.38. The summed E-state index contributed by atoms with van der Waals surface area (Å²) in [7, 11) is 0. The number of nitrogens with zero attached hydrogens (tertiary/aromatic N) is 6. The summed E-state index contributed by atoms with van der Waals surface area (Å²) >= 11 is 2.82. The molecule has 8 nitrogen and oxygen atoms in total. The van der Waals surface area contributed by atoms with Gasteiger partial charge in [0.05, 0.1) is 24.1 Å². The van der Waals surface area contributed by atoms with E-state index in [1.165, 1.54) is 23.1 Å². The molecule has 28 heavy (non-hydrogen) atoms. The quantitative estimate of drug-likeness (QED) is 0.503. The van der Waals surface area contributed by atoms with Gasteiger partial charge in [0.15, 0.2) is 0 Å². The Morgan fingerprint density at radius 1 is 0.750 bits per heavy atom. The van der Waals surface area contributed by atoms with Gasteiger partial charge in [-0.2, -0.15) is 0 Å². The standard InChI is InChI=1S/C18H18N6O2S2/c25-17-13-3-1-5-19-15(13)27-23(17)11-21-7-9-22(10-8-21)12-24-18(26)14-4-2-6-20-16(14)28-24/h1-6H,7-12H2. The second-order valence-corrected chi connectivity index (χ2v) is 8.80. The summed E-state index contributed by atoms with van der Waals surface area (Å²) < 4.78 is 3.55. The Morgan fingerprint density at radius 2 is 1.18 bits per heavy atom. The highest BCUT2D eigenvalue weighted by Gasteiger charge is 2.20. The molecular weight excluding hydrogens is 396 g/mol. The zero-order valence-corrected chi connectivity index (χ0v) is 16.7. The highest BCUT2D eigenvalue weighted by molar-refractivity contribution is 7.13. The normalized spacial score (nSPS) is 16.3. The van der Waals surface area contributed by atoms with Crippen LogP contribution in [0.2, 0.25) is 0 Å². The van der Waals surface area contributed by atoms with Crippen molar-refractivity contribution in [2.45, 2.75) is 13.3 Å². The number of aromatic nitrogens is 4. The van der Waals surface area contributed by atoms with Gasteiger partial charge >= 0.3 is 0 Å². The average molecular weight is 415 g/mol. The summed E-state index contributed by atoms with van der Waals surface area (Å²) in [6, 6.07) is 7.25. The monoisotopic (exact) mass is 414 g/mol. The zero-order chi connectivity index (χ0) is 19.1. The number of hydrogen-bond donors (Lipinski definition) is 0. The zero-order valence-electron chi connectivity index (χ0n) is 15.0. The molecule has 1 fully saturated rings. The van der Waals surface area contributed by atoms with Crippen molar-refractivity contribution in [3.8, 4) is 0 Å². The molecule has 0 N–H and O–H groups in total. The van der Waals surface area contributed by atoms with Crippen LogP contribution in [-0.2, 0) is 13.3 Å². The third-order valence-electron chi connectivity index (χ3n) is 4.97. The van der Waals surface area contributed by atoms with Gasteiger partial charge in [-0.25, -0.2) is 17.9 Å². The lowest BCUT2D eigenvalue weighted by molar-refractivity contribution is 0.0913. The molecule has 0 atom stereocenters. The van der Waals surface area contributed by atoms with Crippen molar-refractivity contribution in [2.75, 3.05) is 26.2 Å². The molecule has 0 bridgehead atoms. The Kier molecular flexibility index (Phi) is 4.55. The molecule has 0 spiro atoms. The van der Waals surface area contributed by atoms with Crippen LogP contribution in [-0.4, -0.2) is 53.9 Å². The molecule has 5 heterocycles. The molecule has 0 unspecified atom stereocenters. The SMILES string of the molecule is O=c1c2cccnc2sn1CN1CCN(Cn2sc3ncccc3c2=O)CC1. The Morgan fingerprint density at radius 3 is 1.57 bits per heavy atom. The largest absolute Gasteiger partial charge is 0.282 e. The topological polar surface area (TPSA) is 76.3 Å². The first-order valence-electron chi connectivity index (χ1n) is 9.03. The summed E-state index contributed by atoms with van der Waals surface area (Å²) in [5.74, 6) is 0. The lowest BCUT2D eigenvalue weighted by Crippen LogP contribution is -2.48. The second-order valence-electron chi connectivity index (χ2n) is 6.78. The van der Waals surface area contributed by atoms with E-state index in [2.05, 4.69) is 19.8 Å². The van der Waals surface area contributed by atoms with Gasteiger partial charge < -0.3 is 0 Å². The van der Waals surface area contributed by atoms with Crippen molar-refractivity contribution >= 4 is 43.5 Å². The van der Waals surface area contributed by atoms with Gasteiger partial charge in [0, 0.05) is 38.6 Å². The molecule has 4 aromatic rings. The smallest absolute Gasteiger partial charge is 0.271 e. The van der Waals surface area contributed by atoms with Crippen LogP contribution in [0.15, 0.2) is 46.2 Å². The summed E-state index contributed by atoms with van der Waals surface area (Å²) in [5, 5.41) is 1.37. The van der Waals surface area contributed by atoms with E-state index in [0.717, 1.165) is 35.8 Å². The van der Waals surface area contributed by atoms with Crippen molar-refractivity contribution in [1.82, 2.24) is 27.7 Å². The number of piperazine rings is 1. The first kappa shape index (κ1) is 17.7. The third kappa shape index (κ3) is 3.18. The van der Waals surface area contributed by atoms with Crippen LogP contribution in [0.1, 0.15) is 0 Å². The average Bonchev–Trinajstić information content (AvgIpc) is 3.21. The minimum atomic E-state index is 0.0276. The molecule has 0 amide bonds. The minimum Gasteiger partial charge on any atom is -0.282 e. The van der Waals surface area contributed by atoms with Crippen molar-refractivity contribution in [1.29, 1.82) is 0 Å². The molecule has 10 heteroatoms. The first-order valence-corrected chi connectivity index (χ1v) is 10.6. The van der Waals surface area contributed by atoms with Crippen molar-refractivity contribution in [3.05, 3.63) is 57.4 Å². The number of fused-ring (bicyclic) bond motifs is 2. The van der Waals surface area contributed by atoms with E-state index in [1.54, 1.807) is 32.4 Å². The predicted molar refractivity (Wildman–Crippen MR) is 111 cm³/mol. The Balaban J connectivity index is 1.24. The Bertz CT molecular complexity index is 1150. The van der Waals surface area contributed by atoms with Gasteiger partial charge in [0.1, 0.15) is 9.66 Å². The van der Waals surface area contributed by atoms with Crippen molar-refractivity contribution < 1.29 is 0 Å². The van der Waals surface area contributed by atoms with Crippen molar-refractivity contribution in [2.24, 2.45) is 0 Å².